The fourth-order valence-corrected chi connectivity index (χ4v) is 1.95. The number of rotatable bonds is 1. The Bertz CT molecular complexity index is 182. The second kappa shape index (κ2) is 4.13. The third kappa shape index (κ3) is 2.08. The zero-order chi connectivity index (χ0) is 10.8. The van der Waals surface area contributed by atoms with Gasteiger partial charge in [-0.3, -0.25) is 4.90 Å². The Morgan fingerprint density at radius 3 is 1.79 bits per heavy atom. The Hall–Kier alpha value is -0.180. The zero-order valence-electron chi connectivity index (χ0n) is 9.45. The lowest BCUT2D eigenvalue weighted by molar-refractivity contribution is -0.0382. The second-order valence-electron chi connectivity index (χ2n) is 4.50. The van der Waals surface area contributed by atoms with Gasteiger partial charge in [-0.05, 0) is 19.4 Å². The number of likely N-dealkylation sites (tertiary alicyclic amines) is 1. The van der Waals surface area contributed by atoms with Crippen LogP contribution in [0, 0.1) is 5.41 Å². The molecule has 1 nitrogen and oxygen atoms in total. The van der Waals surface area contributed by atoms with Crippen molar-refractivity contribution in [3.63, 3.8) is 0 Å². The number of nitrogens with zero attached hydrogens (tertiary/aromatic N) is 1. The molecule has 1 saturated heterocycles. The summed E-state index contributed by atoms with van der Waals surface area (Å²) in [4.78, 5) is 1.85. The van der Waals surface area contributed by atoms with E-state index >= 15 is 0 Å². The molecule has 1 aliphatic heterocycles. The molecule has 0 atom stereocenters. The van der Waals surface area contributed by atoms with Crippen LogP contribution in [-0.4, -0.2) is 30.5 Å². The maximum Gasteiger partial charge on any atom is 0.267 e. The molecule has 84 valence electrons. The smallest absolute Gasteiger partial charge is 0.267 e. The normalized spacial score (nSPS) is 27.2. The molecule has 0 unspecified atom stereocenters. The van der Waals surface area contributed by atoms with Gasteiger partial charge in [0.15, 0.2) is 0 Å². The average Bonchev–Trinajstić information content (AvgIpc) is 2.80. The van der Waals surface area contributed by atoms with Crippen molar-refractivity contribution in [3.05, 3.63) is 0 Å². The van der Waals surface area contributed by atoms with Gasteiger partial charge >= 0.3 is 0 Å². The lowest BCUT2D eigenvalue weighted by atomic mass is 10.0. The molecule has 0 N–H and O–H groups in total. The van der Waals surface area contributed by atoms with E-state index in [0.717, 1.165) is 19.4 Å². The van der Waals surface area contributed by atoms with E-state index in [4.69, 9.17) is 0 Å². The fourth-order valence-electron chi connectivity index (χ4n) is 1.95. The van der Waals surface area contributed by atoms with Gasteiger partial charge in [-0.15, -0.1) is 0 Å². The molecule has 0 aromatic carbocycles. The molecule has 0 aromatic heterocycles. The summed E-state index contributed by atoms with van der Waals surface area (Å²) in [5.41, 5.74) is -0.594. The molecule has 1 spiro atoms. The lowest BCUT2D eigenvalue weighted by Gasteiger charge is -2.14. The Kier molecular flexibility index (Phi) is 3.51. The molecule has 0 aromatic rings. The van der Waals surface area contributed by atoms with Crippen LogP contribution in [0.15, 0.2) is 0 Å². The molecule has 1 aliphatic carbocycles. The molecule has 2 rings (SSSR count). The molecule has 2 aliphatic rings. The predicted molar refractivity (Wildman–Crippen MR) is 54.7 cm³/mol. The topological polar surface area (TPSA) is 3.24 Å². The third-order valence-corrected chi connectivity index (χ3v) is 3.03. The first-order chi connectivity index (χ1) is 6.51. The lowest BCUT2D eigenvalue weighted by Crippen LogP contribution is -2.28. The monoisotopic (exact) mass is 205 g/mol. The SMILES string of the molecule is CCC.CCN1CC(F)(F)C2(CC2)C1. The molecule has 0 amide bonds. The first-order valence-corrected chi connectivity index (χ1v) is 5.61. The van der Waals surface area contributed by atoms with E-state index in [0.29, 0.717) is 6.54 Å². The van der Waals surface area contributed by atoms with Crippen LogP contribution in [0.1, 0.15) is 40.0 Å². The maximum atomic E-state index is 13.2. The Balaban J connectivity index is 0.000000293. The maximum absolute atomic E-state index is 13.2. The molecular weight excluding hydrogens is 184 g/mol. The molecule has 1 saturated carbocycles. The van der Waals surface area contributed by atoms with Crippen molar-refractivity contribution in [2.24, 2.45) is 5.41 Å². The molecule has 0 bridgehead atoms. The molecule has 2 fully saturated rings. The van der Waals surface area contributed by atoms with Crippen LogP contribution in [0.4, 0.5) is 8.78 Å². The molecular formula is C11H21F2N. The summed E-state index contributed by atoms with van der Waals surface area (Å²) < 4.78 is 26.4. The van der Waals surface area contributed by atoms with E-state index in [1.165, 1.54) is 6.42 Å². The van der Waals surface area contributed by atoms with Crippen LogP contribution in [0.25, 0.3) is 0 Å². The van der Waals surface area contributed by atoms with Crippen LogP contribution >= 0.6 is 0 Å². The summed E-state index contributed by atoms with van der Waals surface area (Å²) in [6.07, 6.45) is 2.72. The number of hydrogen-bond acceptors (Lipinski definition) is 1. The van der Waals surface area contributed by atoms with Crippen molar-refractivity contribution in [2.45, 2.75) is 46.0 Å². The van der Waals surface area contributed by atoms with E-state index in [1.54, 1.807) is 0 Å². The standard InChI is InChI=1S/C8H13F2N.C3H8/c1-2-11-5-7(3-4-7)8(9,10)6-11;1-3-2/h2-6H2,1H3;3H2,1-2H3. The Labute approximate surface area is 85.5 Å². The van der Waals surface area contributed by atoms with Gasteiger partial charge in [-0.2, -0.15) is 0 Å². The highest BCUT2D eigenvalue weighted by Gasteiger charge is 2.66. The summed E-state index contributed by atoms with van der Waals surface area (Å²) >= 11 is 0. The number of hydrogen-bond donors (Lipinski definition) is 0. The number of alkyl halides is 2. The van der Waals surface area contributed by atoms with Gasteiger partial charge in [-0.1, -0.05) is 27.2 Å². The summed E-state index contributed by atoms with van der Waals surface area (Å²) in [5, 5.41) is 0. The number of halogens is 2. The van der Waals surface area contributed by atoms with Crippen LogP contribution in [0.3, 0.4) is 0 Å². The highest BCUT2D eigenvalue weighted by atomic mass is 19.3. The largest absolute Gasteiger partial charge is 0.297 e. The minimum Gasteiger partial charge on any atom is -0.297 e. The van der Waals surface area contributed by atoms with Gasteiger partial charge in [0, 0.05) is 12.0 Å². The van der Waals surface area contributed by atoms with E-state index in [9.17, 15) is 8.78 Å². The quantitative estimate of drug-likeness (QED) is 0.635. The van der Waals surface area contributed by atoms with Gasteiger partial charge in [-0.25, -0.2) is 8.78 Å². The Morgan fingerprint density at radius 1 is 1.07 bits per heavy atom. The average molecular weight is 205 g/mol. The van der Waals surface area contributed by atoms with Crippen molar-refractivity contribution >= 4 is 0 Å². The van der Waals surface area contributed by atoms with Crippen molar-refractivity contribution < 1.29 is 8.78 Å². The molecule has 1 heterocycles. The fraction of sp³-hybridized carbons (Fsp3) is 1.00. The van der Waals surface area contributed by atoms with Crippen LogP contribution in [-0.2, 0) is 0 Å². The van der Waals surface area contributed by atoms with Crippen LogP contribution in [0.5, 0.6) is 0 Å². The van der Waals surface area contributed by atoms with E-state index in [2.05, 4.69) is 13.8 Å². The summed E-state index contributed by atoms with van der Waals surface area (Å²) in [7, 11) is 0. The van der Waals surface area contributed by atoms with Crippen molar-refractivity contribution in [1.29, 1.82) is 0 Å². The zero-order valence-corrected chi connectivity index (χ0v) is 9.45. The van der Waals surface area contributed by atoms with Crippen molar-refractivity contribution in [1.82, 2.24) is 4.90 Å². The van der Waals surface area contributed by atoms with E-state index in [1.807, 2.05) is 11.8 Å². The highest BCUT2D eigenvalue weighted by Crippen LogP contribution is 2.60. The molecule has 0 radical (unpaired) electrons. The first-order valence-electron chi connectivity index (χ1n) is 5.61. The van der Waals surface area contributed by atoms with Gasteiger partial charge in [0.1, 0.15) is 0 Å². The third-order valence-electron chi connectivity index (χ3n) is 3.03. The highest BCUT2D eigenvalue weighted by molar-refractivity contribution is 5.10. The summed E-state index contributed by atoms with van der Waals surface area (Å²) in [5.74, 6) is -2.40. The summed E-state index contributed by atoms with van der Waals surface area (Å²) in [6.45, 7) is 7.56. The second-order valence-corrected chi connectivity index (χ2v) is 4.50. The van der Waals surface area contributed by atoms with Gasteiger partial charge in [0.05, 0.1) is 6.54 Å². The van der Waals surface area contributed by atoms with E-state index < -0.39 is 11.3 Å². The van der Waals surface area contributed by atoms with E-state index in [-0.39, 0.29) is 6.54 Å². The summed E-state index contributed by atoms with van der Waals surface area (Å²) in [6, 6.07) is 0. The first kappa shape index (κ1) is 11.9. The van der Waals surface area contributed by atoms with Crippen molar-refractivity contribution in [2.75, 3.05) is 19.6 Å². The van der Waals surface area contributed by atoms with Gasteiger partial charge < -0.3 is 0 Å². The Morgan fingerprint density at radius 2 is 1.57 bits per heavy atom. The van der Waals surface area contributed by atoms with Crippen LogP contribution in [0.2, 0.25) is 0 Å². The van der Waals surface area contributed by atoms with Gasteiger partial charge in [0.25, 0.3) is 5.92 Å². The van der Waals surface area contributed by atoms with Crippen molar-refractivity contribution in [3.8, 4) is 0 Å². The predicted octanol–water partition coefficient (Wildman–Crippen LogP) is 3.15. The van der Waals surface area contributed by atoms with Crippen LogP contribution < -0.4 is 0 Å². The van der Waals surface area contributed by atoms with Gasteiger partial charge in [0.2, 0.25) is 0 Å². The minimum absolute atomic E-state index is 0.0104. The molecule has 3 heteroatoms. The minimum atomic E-state index is -2.40. The molecule has 14 heavy (non-hydrogen) atoms.